The third kappa shape index (κ3) is 2.38. The second-order valence-electron chi connectivity index (χ2n) is 2.35. The van der Waals surface area contributed by atoms with E-state index in [2.05, 4.69) is 4.74 Å². The molecule has 0 spiro atoms. The van der Waals surface area contributed by atoms with Crippen LogP contribution in [0.4, 0.5) is 13.2 Å². The summed E-state index contributed by atoms with van der Waals surface area (Å²) in [5.74, 6) is -1.27. The van der Waals surface area contributed by atoms with Gasteiger partial charge in [-0.05, 0) is 12.1 Å². The van der Waals surface area contributed by atoms with Crippen LogP contribution in [0, 0.1) is 0 Å². The van der Waals surface area contributed by atoms with E-state index in [0.717, 1.165) is 18.2 Å². The standard InChI is InChI=1S/C8H5F3O3/c9-8(10,11)14-7-3-1-2-6(13)5(7)4-12/h1-4,13H. The first kappa shape index (κ1) is 10.4. The van der Waals surface area contributed by atoms with Crippen LogP contribution in [-0.2, 0) is 0 Å². The van der Waals surface area contributed by atoms with Crippen molar-refractivity contribution in [2.75, 3.05) is 0 Å². The monoisotopic (exact) mass is 206 g/mol. The molecule has 0 saturated heterocycles. The van der Waals surface area contributed by atoms with Crippen LogP contribution in [-0.4, -0.2) is 17.8 Å². The average molecular weight is 206 g/mol. The van der Waals surface area contributed by atoms with E-state index in [1.165, 1.54) is 0 Å². The Labute approximate surface area is 76.7 Å². The molecule has 1 aromatic carbocycles. The van der Waals surface area contributed by atoms with Crippen molar-refractivity contribution in [3.05, 3.63) is 23.8 Å². The maximum atomic E-state index is 11.8. The number of hydrogen-bond acceptors (Lipinski definition) is 3. The Morgan fingerprint density at radius 3 is 2.50 bits per heavy atom. The molecule has 6 heteroatoms. The summed E-state index contributed by atoms with van der Waals surface area (Å²) in [6.45, 7) is 0. The topological polar surface area (TPSA) is 46.5 Å². The van der Waals surface area contributed by atoms with E-state index in [1.54, 1.807) is 0 Å². The number of rotatable bonds is 2. The molecular weight excluding hydrogens is 201 g/mol. The zero-order valence-electron chi connectivity index (χ0n) is 6.71. The number of aldehydes is 1. The molecule has 0 aliphatic carbocycles. The van der Waals surface area contributed by atoms with Gasteiger partial charge in [0.25, 0.3) is 0 Å². The van der Waals surface area contributed by atoms with E-state index in [1.807, 2.05) is 0 Å². The molecule has 0 atom stereocenters. The van der Waals surface area contributed by atoms with Gasteiger partial charge in [-0.15, -0.1) is 13.2 Å². The average Bonchev–Trinajstić information content (AvgIpc) is 2.01. The SMILES string of the molecule is O=Cc1c(O)cccc1OC(F)(F)F. The van der Waals surface area contributed by atoms with Crippen molar-refractivity contribution >= 4 is 6.29 Å². The number of aromatic hydroxyl groups is 1. The van der Waals surface area contributed by atoms with Gasteiger partial charge in [0.2, 0.25) is 0 Å². The van der Waals surface area contributed by atoms with Crippen LogP contribution in [0.1, 0.15) is 10.4 Å². The molecule has 3 nitrogen and oxygen atoms in total. The van der Waals surface area contributed by atoms with Crippen LogP contribution in [0.5, 0.6) is 11.5 Å². The highest BCUT2D eigenvalue weighted by Crippen LogP contribution is 2.30. The first-order valence-electron chi connectivity index (χ1n) is 3.47. The summed E-state index contributed by atoms with van der Waals surface area (Å²) in [7, 11) is 0. The maximum absolute atomic E-state index is 11.8. The number of hydrogen-bond donors (Lipinski definition) is 1. The second-order valence-corrected chi connectivity index (χ2v) is 2.35. The lowest BCUT2D eigenvalue weighted by molar-refractivity contribution is -0.274. The van der Waals surface area contributed by atoms with E-state index in [0.29, 0.717) is 0 Å². The normalized spacial score (nSPS) is 11.1. The zero-order valence-corrected chi connectivity index (χ0v) is 6.71. The molecular formula is C8H5F3O3. The van der Waals surface area contributed by atoms with E-state index in [4.69, 9.17) is 5.11 Å². The van der Waals surface area contributed by atoms with Gasteiger partial charge in [-0.3, -0.25) is 4.79 Å². The molecule has 0 aliphatic rings. The van der Waals surface area contributed by atoms with E-state index >= 15 is 0 Å². The largest absolute Gasteiger partial charge is 0.573 e. The summed E-state index contributed by atoms with van der Waals surface area (Å²) >= 11 is 0. The lowest BCUT2D eigenvalue weighted by Gasteiger charge is -2.10. The number of alkyl halides is 3. The smallest absolute Gasteiger partial charge is 0.507 e. The van der Waals surface area contributed by atoms with Gasteiger partial charge in [-0.25, -0.2) is 0 Å². The third-order valence-electron chi connectivity index (χ3n) is 1.39. The number of phenols is 1. The summed E-state index contributed by atoms with van der Waals surface area (Å²) in [4.78, 5) is 10.3. The van der Waals surface area contributed by atoms with Crippen LogP contribution < -0.4 is 4.74 Å². The third-order valence-corrected chi connectivity index (χ3v) is 1.39. The van der Waals surface area contributed by atoms with Gasteiger partial charge in [0.1, 0.15) is 11.5 Å². The van der Waals surface area contributed by atoms with E-state index < -0.39 is 23.4 Å². The van der Waals surface area contributed by atoms with Crippen LogP contribution in [0.25, 0.3) is 0 Å². The van der Waals surface area contributed by atoms with E-state index in [-0.39, 0.29) is 6.29 Å². The van der Waals surface area contributed by atoms with Gasteiger partial charge in [-0.2, -0.15) is 0 Å². The Kier molecular flexibility index (Phi) is 2.64. The lowest BCUT2D eigenvalue weighted by Crippen LogP contribution is -2.18. The van der Waals surface area contributed by atoms with Crippen molar-refractivity contribution in [1.29, 1.82) is 0 Å². The first-order chi connectivity index (χ1) is 6.44. The molecule has 0 bridgehead atoms. The molecule has 0 heterocycles. The molecule has 0 aromatic heterocycles. The van der Waals surface area contributed by atoms with Crippen molar-refractivity contribution in [1.82, 2.24) is 0 Å². The molecule has 0 unspecified atom stereocenters. The number of phenolic OH excluding ortho intramolecular Hbond substituents is 1. The van der Waals surface area contributed by atoms with Crippen molar-refractivity contribution < 1.29 is 27.8 Å². The van der Waals surface area contributed by atoms with Gasteiger partial charge >= 0.3 is 6.36 Å². The maximum Gasteiger partial charge on any atom is 0.573 e. The fraction of sp³-hybridized carbons (Fsp3) is 0.125. The molecule has 76 valence electrons. The van der Waals surface area contributed by atoms with Gasteiger partial charge < -0.3 is 9.84 Å². The fourth-order valence-corrected chi connectivity index (χ4v) is 0.865. The second kappa shape index (κ2) is 3.57. The Hall–Kier alpha value is -1.72. The Morgan fingerprint density at radius 1 is 1.36 bits per heavy atom. The number of halogens is 3. The number of benzene rings is 1. The fourth-order valence-electron chi connectivity index (χ4n) is 0.865. The quantitative estimate of drug-likeness (QED) is 0.753. The molecule has 1 N–H and O–H groups in total. The van der Waals surface area contributed by atoms with Crippen LogP contribution in [0.2, 0.25) is 0 Å². The summed E-state index contributed by atoms with van der Waals surface area (Å²) in [6, 6.07) is 3.17. The van der Waals surface area contributed by atoms with Crippen LogP contribution in [0.3, 0.4) is 0 Å². The number of carbonyl (C=O) groups is 1. The molecule has 0 amide bonds. The number of carbonyl (C=O) groups excluding carboxylic acids is 1. The Balaban J connectivity index is 3.08. The van der Waals surface area contributed by atoms with Gasteiger partial charge in [-0.1, -0.05) is 6.07 Å². The molecule has 1 rings (SSSR count). The van der Waals surface area contributed by atoms with Crippen molar-refractivity contribution in [3.8, 4) is 11.5 Å². The zero-order chi connectivity index (χ0) is 10.8. The molecule has 0 radical (unpaired) electrons. The predicted octanol–water partition coefficient (Wildman–Crippen LogP) is 2.10. The van der Waals surface area contributed by atoms with Crippen molar-refractivity contribution in [2.45, 2.75) is 6.36 Å². The van der Waals surface area contributed by atoms with Crippen molar-refractivity contribution in [3.63, 3.8) is 0 Å². The highest BCUT2D eigenvalue weighted by Gasteiger charge is 2.32. The molecule has 14 heavy (non-hydrogen) atoms. The highest BCUT2D eigenvalue weighted by molar-refractivity contribution is 5.83. The van der Waals surface area contributed by atoms with E-state index in [9.17, 15) is 18.0 Å². The molecule has 0 aliphatic heterocycles. The summed E-state index contributed by atoms with van der Waals surface area (Å²) < 4.78 is 38.8. The van der Waals surface area contributed by atoms with Gasteiger partial charge in [0.05, 0.1) is 5.56 Å². The Bertz CT molecular complexity index is 346. The molecule has 0 fully saturated rings. The molecule has 1 aromatic rings. The van der Waals surface area contributed by atoms with Crippen LogP contribution >= 0.6 is 0 Å². The molecule has 0 saturated carbocycles. The first-order valence-corrected chi connectivity index (χ1v) is 3.47. The minimum atomic E-state index is -4.88. The minimum absolute atomic E-state index is 0.0937. The lowest BCUT2D eigenvalue weighted by atomic mass is 10.2. The summed E-state index contributed by atoms with van der Waals surface area (Å²) in [5.41, 5.74) is -0.523. The Morgan fingerprint density at radius 2 is 2.00 bits per heavy atom. The predicted molar refractivity (Wildman–Crippen MR) is 40.2 cm³/mol. The highest BCUT2D eigenvalue weighted by atomic mass is 19.4. The summed E-state index contributed by atoms with van der Waals surface area (Å²) in [6.07, 6.45) is -4.79. The number of ether oxygens (including phenoxy) is 1. The van der Waals surface area contributed by atoms with Crippen molar-refractivity contribution in [2.24, 2.45) is 0 Å². The van der Waals surface area contributed by atoms with Gasteiger partial charge in [0, 0.05) is 0 Å². The van der Waals surface area contributed by atoms with Crippen LogP contribution in [0.15, 0.2) is 18.2 Å². The summed E-state index contributed by atoms with van der Waals surface area (Å²) in [5, 5.41) is 9.01. The van der Waals surface area contributed by atoms with Gasteiger partial charge in [0.15, 0.2) is 6.29 Å². The minimum Gasteiger partial charge on any atom is -0.507 e.